The monoisotopic (exact) mass is 703 g/mol. The molecule has 0 aliphatic carbocycles. The van der Waals surface area contributed by atoms with Crippen LogP contribution < -0.4 is 0 Å². The number of furan rings is 2. The molecule has 0 unspecified atom stereocenters. The first-order valence-electron chi connectivity index (χ1n) is 18.5. The van der Waals surface area contributed by atoms with E-state index in [4.69, 9.17) is 8.83 Å². The Kier molecular flexibility index (Phi) is 5.99. The molecule has 0 amide bonds. The summed E-state index contributed by atoms with van der Waals surface area (Å²) < 4.78 is 17.7. The maximum atomic E-state index is 10.7. The van der Waals surface area contributed by atoms with E-state index in [1.54, 1.807) is 0 Å². The van der Waals surface area contributed by atoms with E-state index in [9.17, 15) is 5.26 Å². The largest absolute Gasteiger partial charge is 0.456 e. The molecule has 55 heavy (non-hydrogen) atoms. The maximum absolute atomic E-state index is 10.7. The molecule has 0 saturated heterocycles. The zero-order valence-electron chi connectivity index (χ0n) is 29.7. The van der Waals surface area contributed by atoms with Crippen LogP contribution in [0, 0.1) is 18.3 Å². The summed E-state index contributed by atoms with van der Waals surface area (Å²) in [5.41, 5.74) is 13.4. The summed E-state index contributed by atoms with van der Waals surface area (Å²) in [4.78, 5) is 0. The van der Waals surface area contributed by atoms with Crippen LogP contribution in [0.4, 0.5) is 0 Å². The van der Waals surface area contributed by atoms with Crippen LogP contribution in [0.5, 0.6) is 0 Å². The molecule has 0 fully saturated rings. The normalized spacial score (nSPS) is 12.1. The van der Waals surface area contributed by atoms with Gasteiger partial charge in [-0.15, -0.1) is 0 Å². The number of rotatable bonds is 3. The highest BCUT2D eigenvalue weighted by atomic mass is 16.3. The molecule has 256 valence electrons. The highest BCUT2D eigenvalue weighted by Gasteiger charge is 2.23. The Morgan fingerprint density at radius 1 is 0.473 bits per heavy atom. The first-order valence-corrected chi connectivity index (χ1v) is 18.5. The van der Waals surface area contributed by atoms with Gasteiger partial charge in [-0.2, -0.15) is 5.26 Å². The van der Waals surface area contributed by atoms with E-state index in [1.165, 1.54) is 10.8 Å². The van der Waals surface area contributed by atoms with Gasteiger partial charge in [0, 0.05) is 43.6 Å². The van der Waals surface area contributed by atoms with Crippen molar-refractivity contribution in [2.45, 2.75) is 6.92 Å². The molecule has 5 nitrogen and oxygen atoms in total. The van der Waals surface area contributed by atoms with Gasteiger partial charge < -0.3 is 18.0 Å². The van der Waals surface area contributed by atoms with Crippen LogP contribution >= 0.6 is 0 Å². The van der Waals surface area contributed by atoms with Crippen molar-refractivity contribution in [1.82, 2.24) is 9.13 Å². The molecule has 0 aliphatic rings. The van der Waals surface area contributed by atoms with Crippen LogP contribution in [0.15, 0.2) is 167 Å². The molecule has 0 atom stereocenters. The Morgan fingerprint density at radius 2 is 1.16 bits per heavy atom. The number of para-hydroxylation sites is 5. The Balaban J connectivity index is 1.10. The first-order chi connectivity index (χ1) is 27.2. The topological polar surface area (TPSA) is 59.9 Å². The molecule has 5 heteroatoms. The van der Waals surface area contributed by atoms with Gasteiger partial charge in [-0.1, -0.05) is 97.1 Å². The van der Waals surface area contributed by atoms with Gasteiger partial charge >= 0.3 is 0 Å². The van der Waals surface area contributed by atoms with Gasteiger partial charge in [-0.25, -0.2) is 0 Å². The lowest BCUT2D eigenvalue weighted by Gasteiger charge is -2.16. The highest BCUT2D eigenvalue weighted by molar-refractivity contribution is 6.25. The van der Waals surface area contributed by atoms with Crippen molar-refractivity contribution in [3.8, 4) is 28.6 Å². The maximum Gasteiger partial charge on any atom is 0.145 e. The predicted molar refractivity (Wildman–Crippen MR) is 225 cm³/mol. The van der Waals surface area contributed by atoms with Crippen molar-refractivity contribution in [2.24, 2.45) is 0 Å². The average Bonchev–Trinajstić information content (AvgIpc) is 3.98. The van der Waals surface area contributed by atoms with Crippen molar-refractivity contribution in [1.29, 1.82) is 5.26 Å². The molecule has 0 aliphatic heterocycles. The molecule has 12 aromatic rings. The first kappa shape index (κ1) is 30.0. The molecular weight excluding hydrogens is 675 g/mol. The number of aryl methyl sites for hydroxylation is 1. The second-order valence-corrected chi connectivity index (χ2v) is 14.4. The van der Waals surface area contributed by atoms with E-state index >= 15 is 0 Å². The minimum Gasteiger partial charge on any atom is -0.456 e. The lowest BCUT2D eigenvalue weighted by atomic mass is 9.99. The zero-order valence-corrected chi connectivity index (χ0v) is 29.7. The molecule has 0 bridgehead atoms. The number of hydrogen-bond donors (Lipinski definition) is 0. The zero-order chi connectivity index (χ0) is 36.4. The molecule has 0 radical (unpaired) electrons. The van der Waals surface area contributed by atoms with Gasteiger partial charge in [0.05, 0.1) is 44.1 Å². The van der Waals surface area contributed by atoms with E-state index in [2.05, 4.69) is 156 Å². The van der Waals surface area contributed by atoms with E-state index in [-0.39, 0.29) is 0 Å². The van der Waals surface area contributed by atoms with Gasteiger partial charge in [0.25, 0.3) is 0 Å². The Bertz CT molecular complexity index is 3620. The fraction of sp³-hybridized carbons (Fsp3) is 0.0200. The van der Waals surface area contributed by atoms with Gasteiger partial charge in [-0.05, 0) is 78.7 Å². The van der Waals surface area contributed by atoms with Crippen molar-refractivity contribution in [2.75, 3.05) is 0 Å². The summed E-state index contributed by atoms with van der Waals surface area (Å²) in [6.07, 6.45) is 0. The summed E-state index contributed by atoms with van der Waals surface area (Å²) in [5.74, 6) is 0. The number of nitrogens with zero attached hydrogens (tertiary/aromatic N) is 3. The van der Waals surface area contributed by atoms with Gasteiger partial charge in [0.1, 0.15) is 28.4 Å². The Hall–Kier alpha value is -7.55. The van der Waals surface area contributed by atoms with Gasteiger partial charge in [0.2, 0.25) is 0 Å². The molecule has 4 aromatic heterocycles. The van der Waals surface area contributed by atoms with Crippen LogP contribution in [-0.2, 0) is 0 Å². The Labute approximate surface area is 314 Å². The van der Waals surface area contributed by atoms with E-state index < -0.39 is 0 Å². The lowest BCUT2D eigenvalue weighted by Crippen LogP contribution is -2.01. The second-order valence-electron chi connectivity index (χ2n) is 14.4. The van der Waals surface area contributed by atoms with Crippen LogP contribution in [0.1, 0.15) is 11.1 Å². The molecular formula is C50H29N3O2. The molecule has 0 saturated carbocycles. The van der Waals surface area contributed by atoms with Crippen molar-refractivity contribution in [3.63, 3.8) is 0 Å². The van der Waals surface area contributed by atoms with Crippen molar-refractivity contribution in [3.05, 3.63) is 169 Å². The third-order valence-corrected chi connectivity index (χ3v) is 11.5. The molecule has 0 N–H and O–H groups in total. The van der Waals surface area contributed by atoms with E-state index in [0.29, 0.717) is 5.56 Å². The summed E-state index contributed by atoms with van der Waals surface area (Å²) in [5, 5.41) is 19.6. The Morgan fingerprint density at radius 3 is 2.00 bits per heavy atom. The number of fused-ring (bicyclic) bond motifs is 14. The van der Waals surface area contributed by atoms with E-state index in [0.717, 1.165) is 105 Å². The number of nitriles is 1. The molecule has 8 aromatic carbocycles. The summed E-state index contributed by atoms with van der Waals surface area (Å²) in [6, 6.07) is 57.5. The van der Waals surface area contributed by atoms with Crippen LogP contribution in [-0.4, -0.2) is 9.13 Å². The lowest BCUT2D eigenvalue weighted by molar-refractivity contribution is 0.669. The van der Waals surface area contributed by atoms with E-state index in [1.807, 2.05) is 24.3 Å². The van der Waals surface area contributed by atoms with Crippen LogP contribution in [0.3, 0.4) is 0 Å². The molecule has 0 spiro atoms. The standard InChI is InChI=1S/C50H29N3O2/c1-29-10-8-16-36-37-24-26-42-45(50(37)55-49(29)36)38-13-3-6-18-41(38)53(42)47-31(28-51)11-9-15-33(47)30-20-22-32(23-21-30)52-40-17-5-2-12-34(40)35-25-27-44-46(48(35)52)39-14-4-7-19-43(39)54-44/h2-27H,1H3. The SMILES string of the molecule is Cc1cccc2c1oc1c2ccc2c1c1ccccc1n2-c1c(C#N)cccc1-c1ccc(-n2c3ccccc3c3ccc4oc5ccccc5c4c32)cc1. The smallest absolute Gasteiger partial charge is 0.145 e. The minimum atomic E-state index is 0.599. The summed E-state index contributed by atoms with van der Waals surface area (Å²) in [6.45, 7) is 2.09. The quantitative estimate of drug-likeness (QED) is 0.184. The van der Waals surface area contributed by atoms with Crippen molar-refractivity contribution < 1.29 is 8.83 Å². The third-order valence-electron chi connectivity index (χ3n) is 11.5. The van der Waals surface area contributed by atoms with Crippen molar-refractivity contribution >= 4 is 87.5 Å². The predicted octanol–water partition coefficient (Wildman–Crippen LogP) is 13.5. The summed E-state index contributed by atoms with van der Waals surface area (Å²) >= 11 is 0. The number of hydrogen-bond acceptors (Lipinski definition) is 3. The fourth-order valence-corrected chi connectivity index (χ4v) is 9.12. The highest BCUT2D eigenvalue weighted by Crippen LogP contribution is 2.44. The van der Waals surface area contributed by atoms with Gasteiger partial charge in [-0.3, -0.25) is 0 Å². The third kappa shape index (κ3) is 4.00. The number of aromatic nitrogens is 2. The average molecular weight is 704 g/mol. The summed E-state index contributed by atoms with van der Waals surface area (Å²) in [7, 11) is 0. The number of benzene rings is 8. The second kappa shape index (κ2) is 11.0. The fourth-order valence-electron chi connectivity index (χ4n) is 9.12. The van der Waals surface area contributed by atoms with Crippen LogP contribution in [0.25, 0.3) is 110 Å². The van der Waals surface area contributed by atoms with Gasteiger partial charge in [0.15, 0.2) is 0 Å². The molecule has 12 rings (SSSR count). The van der Waals surface area contributed by atoms with Crippen LogP contribution in [0.2, 0.25) is 0 Å². The molecule has 4 heterocycles. The minimum absolute atomic E-state index is 0.599.